The fourth-order valence-corrected chi connectivity index (χ4v) is 2.73. The first-order valence-electron chi connectivity index (χ1n) is 7.38. The number of fused-ring (bicyclic) bond motifs is 1. The van der Waals surface area contributed by atoms with E-state index in [9.17, 15) is 0 Å². The number of para-hydroxylation sites is 2. The molecule has 3 aromatic rings. The Balaban J connectivity index is 1.61. The van der Waals surface area contributed by atoms with Crippen LogP contribution in [0.3, 0.4) is 0 Å². The van der Waals surface area contributed by atoms with Crippen molar-refractivity contribution in [3.05, 3.63) is 60.6 Å². The number of anilines is 1. The first kappa shape index (κ1) is 13.2. The largest absolute Gasteiger partial charge is 0.370 e. The van der Waals surface area contributed by atoms with E-state index in [4.69, 9.17) is 9.72 Å². The van der Waals surface area contributed by atoms with E-state index < -0.39 is 0 Å². The average molecular weight is 292 g/mol. The van der Waals surface area contributed by atoms with Crippen molar-refractivity contribution in [2.45, 2.75) is 6.10 Å². The third-order valence-electron chi connectivity index (χ3n) is 3.88. The highest BCUT2D eigenvalue weighted by Gasteiger charge is 2.23. The number of aromatic nitrogens is 3. The van der Waals surface area contributed by atoms with Crippen molar-refractivity contribution < 1.29 is 4.74 Å². The molecule has 0 N–H and O–H groups in total. The summed E-state index contributed by atoms with van der Waals surface area (Å²) in [5, 5.41) is 0. The fourth-order valence-electron chi connectivity index (χ4n) is 2.73. The lowest BCUT2D eigenvalue weighted by Crippen LogP contribution is -2.39. The lowest BCUT2D eigenvalue weighted by Gasteiger charge is -2.33. The highest BCUT2D eigenvalue weighted by atomic mass is 16.5. The summed E-state index contributed by atoms with van der Waals surface area (Å²) in [5.41, 5.74) is 2.94. The molecular formula is C17H16N4O. The first-order chi connectivity index (χ1) is 10.9. The Morgan fingerprint density at radius 1 is 1.05 bits per heavy atom. The zero-order valence-electron chi connectivity index (χ0n) is 12.1. The van der Waals surface area contributed by atoms with Gasteiger partial charge in [0.15, 0.2) is 0 Å². The normalized spacial score (nSPS) is 18.5. The van der Waals surface area contributed by atoms with Gasteiger partial charge in [-0.3, -0.25) is 9.97 Å². The van der Waals surface area contributed by atoms with Crippen molar-refractivity contribution >= 4 is 16.9 Å². The second-order valence-corrected chi connectivity index (χ2v) is 5.31. The molecule has 0 saturated carbocycles. The summed E-state index contributed by atoms with van der Waals surface area (Å²) in [7, 11) is 0. The van der Waals surface area contributed by atoms with Crippen molar-refractivity contribution in [3.8, 4) is 0 Å². The SMILES string of the molecule is c1cncc(C2CN(c3cnc4ccccc4n3)CCO2)c1. The Bertz CT molecular complexity index is 778. The Kier molecular flexibility index (Phi) is 3.40. The second kappa shape index (κ2) is 5.69. The van der Waals surface area contributed by atoms with Crippen molar-refractivity contribution in [1.29, 1.82) is 0 Å². The van der Waals surface area contributed by atoms with E-state index in [0.717, 1.165) is 35.5 Å². The summed E-state index contributed by atoms with van der Waals surface area (Å²) in [6.45, 7) is 2.26. The minimum atomic E-state index is 0.0238. The summed E-state index contributed by atoms with van der Waals surface area (Å²) >= 11 is 0. The Hall–Kier alpha value is -2.53. The Morgan fingerprint density at radius 3 is 2.82 bits per heavy atom. The van der Waals surface area contributed by atoms with Gasteiger partial charge in [-0.2, -0.15) is 0 Å². The summed E-state index contributed by atoms with van der Waals surface area (Å²) in [6.07, 6.45) is 5.50. The number of benzene rings is 1. The van der Waals surface area contributed by atoms with E-state index in [-0.39, 0.29) is 6.10 Å². The maximum atomic E-state index is 5.87. The lowest BCUT2D eigenvalue weighted by molar-refractivity contribution is 0.0393. The van der Waals surface area contributed by atoms with E-state index in [2.05, 4.69) is 14.9 Å². The van der Waals surface area contributed by atoms with Crippen LogP contribution in [0.4, 0.5) is 5.82 Å². The smallest absolute Gasteiger partial charge is 0.148 e. The molecule has 0 radical (unpaired) electrons. The topological polar surface area (TPSA) is 51.1 Å². The number of pyridine rings is 1. The van der Waals surface area contributed by atoms with E-state index in [1.165, 1.54) is 0 Å². The minimum Gasteiger partial charge on any atom is -0.370 e. The van der Waals surface area contributed by atoms with Crippen LogP contribution in [-0.4, -0.2) is 34.6 Å². The number of hydrogen-bond donors (Lipinski definition) is 0. The van der Waals surface area contributed by atoms with Crippen LogP contribution in [0.5, 0.6) is 0 Å². The van der Waals surface area contributed by atoms with Gasteiger partial charge in [0.05, 0.1) is 23.8 Å². The highest BCUT2D eigenvalue weighted by molar-refractivity contribution is 5.75. The number of rotatable bonds is 2. The van der Waals surface area contributed by atoms with E-state index in [0.29, 0.717) is 6.61 Å². The molecule has 1 aromatic carbocycles. The molecule has 1 saturated heterocycles. The second-order valence-electron chi connectivity index (χ2n) is 5.31. The lowest BCUT2D eigenvalue weighted by atomic mass is 10.1. The summed E-state index contributed by atoms with van der Waals surface area (Å²) in [4.78, 5) is 15.6. The molecule has 2 aromatic heterocycles. The highest BCUT2D eigenvalue weighted by Crippen LogP contribution is 2.25. The van der Waals surface area contributed by atoms with Crippen LogP contribution in [0, 0.1) is 0 Å². The molecule has 110 valence electrons. The molecule has 0 amide bonds. The number of nitrogens with zero attached hydrogens (tertiary/aromatic N) is 4. The van der Waals surface area contributed by atoms with Gasteiger partial charge in [-0.1, -0.05) is 18.2 Å². The molecule has 3 heterocycles. The molecule has 5 nitrogen and oxygen atoms in total. The van der Waals surface area contributed by atoms with Crippen LogP contribution in [0.25, 0.3) is 11.0 Å². The van der Waals surface area contributed by atoms with E-state index in [1.807, 2.05) is 48.8 Å². The number of morpholine rings is 1. The molecule has 1 fully saturated rings. The maximum Gasteiger partial charge on any atom is 0.148 e. The molecular weight excluding hydrogens is 276 g/mol. The quantitative estimate of drug-likeness (QED) is 0.726. The van der Waals surface area contributed by atoms with Crippen molar-refractivity contribution in [3.63, 3.8) is 0 Å². The molecule has 1 unspecified atom stereocenters. The molecule has 5 heteroatoms. The van der Waals surface area contributed by atoms with E-state index >= 15 is 0 Å². The molecule has 1 atom stereocenters. The molecule has 4 rings (SSSR count). The van der Waals surface area contributed by atoms with Gasteiger partial charge in [-0.15, -0.1) is 0 Å². The Morgan fingerprint density at radius 2 is 1.95 bits per heavy atom. The molecule has 22 heavy (non-hydrogen) atoms. The van der Waals surface area contributed by atoms with Gasteiger partial charge in [0.25, 0.3) is 0 Å². The van der Waals surface area contributed by atoms with Gasteiger partial charge in [0.1, 0.15) is 11.9 Å². The number of hydrogen-bond acceptors (Lipinski definition) is 5. The monoisotopic (exact) mass is 292 g/mol. The average Bonchev–Trinajstić information content (AvgIpc) is 2.62. The van der Waals surface area contributed by atoms with Crippen molar-refractivity contribution in [2.75, 3.05) is 24.6 Å². The van der Waals surface area contributed by atoms with Gasteiger partial charge in [-0.25, -0.2) is 4.98 Å². The van der Waals surface area contributed by atoms with Crippen LogP contribution in [0.15, 0.2) is 55.0 Å². The van der Waals surface area contributed by atoms with Crippen LogP contribution >= 0.6 is 0 Å². The Labute approximate surface area is 128 Å². The molecule has 0 aliphatic carbocycles. The van der Waals surface area contributed by atoms with Gasteiger partial charge < -0.3 is 9.64 Å². The fraction of sp³-hybridized carbons (Fsp3) is 0.235. The zero-order valence-corrected chi connectivity index (χ0v) is 12.1. The van der Waals surface area contributed by atoms with E-state index in [1.54, 1.807) is 6.20 Å². The minimum absolute atomic E-state index is 0.0238. The van der Waals surface area contributed by atoms with Gasteiger partial charge in [0.2, 0.25) is 0 Å². The molecule has 1 aliphatic rings. The predicted octanol–water partition coefficient (Wildman–Crippen LogP) is 2.60. The number of ether oxygens (including phenoxy) is 1. The summed E-state index contributed by atoms with van der Waals surface area (Å²) in [5.74, 6) is 0.899. The van der Waals surface area contributed by atoms with Crippen LogP contribution in [0.2, 0.25) is 0 Å². The zero-order chi connectivity index (χ0) is 14.8. The van der Waals surface area contributed by atoms with Gasteiger partial charge >= 0.3 is 0 Å². The molecule has 1 aliphatic heterocycles. The van der Waals surface area contributed by atoms with Crippen LogP contribution < -0.4 is 4.90 Å². The van der Waals surface area contributed by atoms with Crippen molar-refractivity contribution in [2.24, 2.45) is 0 Å². The summed E-state index contributed by atoms with van der Waals surface area (Å²) < 4.78 is 5.87. The van der Waals surface area contributed by atoms with Gasteiger partial charge in [-0.05, 0) is 18.2 Å². The van der Waals surface area contributed by atoms with Gasteiger partial charge in [0, 0.05) is 31.0 Å². The van der Waals surface area contributed by atoms with Crippen molar-refractivity contribution in [1.82, 2.24) is 15.0 Å². The van der Waals surface area contributed by atoms with Crippen LogP contribution in [0.1, 0.15) is 11.7 Å². The summed E-state index contributed by atoms with van der Waals surface area (Å²) in [6, 6.07) is 11.9. The first-order valence-corrected chi connectivity index (χ1v) is 7.38. The standard InChI is InChI=1S/C17H16N4O/c1-2-6-15-14(5-1)19-11-17(20-15)21-8-9-22-16(12-21)13-4-3-7-18-10-13/h1-7,10-11,16H,8-9,12H2. The predicted molar refractivity (Wildman–Crippen MR) is 84.7 cm³/mol. The van der Waals surface area contributed by atoms with Crippen LogP contribution in [-0.2, 0) is 4.74 Å². The third-order valence-corrected chi connectivity index (χ3v) is 3.88. The maximum absolute atomic E-state index is 5.87. The molecule has 0 spiro atoms. The molecule has 0 bridgehead atoms. The third kappa shape index (κ3) is 2.51.